The van der Waals surface area contributed by atoms with Crippen LogP contribution in [0.5, 0.6) is 0 Å². The standard InChI is InChI=1S/C5H7N5/c6-10-8-3-5-1-2-7-4-9(5)10/h1-4,8H,6H2. The van der Waals surface area contributed by atoms with Crippen LogP contribution in [0.25, 0.3) is 0 Å². The van der Waals surface area contributed by atoms with E-state index < -0.39 is 0 Å². The molecule has 5 nitrogen and oxygen atoms in total. The van der Waals surface area contributed by atoms with Crippen molar-refractivity contribution in [3.63, 3.8) is 0 Å². The van der Waals surface area contributed by atoms with E-state index in [-0.39, 0.29) is 0 Å². The van der Waals surface area contributed by atoms with E-state index in [0.717, 1.165) is 5.70 Å². The van der Waals surface area contributed by atoms with Crippen LogP contribution in [0.3, 0.4) is 0 Å². The summed E-state index contributed by atoms with van der Waals surface area (Å²) in [5.74, 6) is 5.46. The number of nitrogens with zero attached hydrogens (tertiary/aromatic N) is 3. The van der Waals surface area contributed by atoms with Gasteiger partial charge in [0.15, 0.2) is 0 Å². The van der Waals surface area contributed by atoms with Gasteiger partial charge in [-0.05, 0) is 6.08 Å². The van der Waals surface area contributed by atoms with Gasteiger partial charge in [0.25, 0.3) is 0 Å². The zero-order valence-corrected chi connectivity index (χ0v) is 5.23. The lowest BCUT2D eigenvalue weighted by Gasteiger charge is -2.22. The van der Waals surface area contributed by atoms with E-state index >= 15 is 0 Å². The maximum atomic E-state index is 5.46. The van der Waals surface area contributed by atoms with Gasteiger partial charge in [0.05, 0.1) is 5.70 Å². The summed E-state index contributed by atoms with van der Waals surface area (Å²) in [6.45, 7) is 0. The maximum Gasteiger partial charge on any atom is 0.113 e. The topological polar surface area (TPSA) is 56.9 Å². The van der Waals surface area contributed by atoms with E-state index in [1.807, 2.05) is 6.08 Å². The summed E-state index contributed by atoms with van der Waals surface area (Å²) >= 11 is 0. The predicted octanol–water partition coefficient (Wildman–Crippen LogP) is -0.706. The number of nitrogens with two attached hydrogens (primary N) is 1. The second-order valence-electron chi connectivity index (χ2n) is 1.97. The molecule has 2 aliphatic rings. The predicted molar refractivity (Wildman–Crippen MR) is 36.7 cm³/mol. The van der Waals surface area contributed by atoms with Crippen LogP contribution < -0.4 is 11.3 Å². The van der Waals surface area contributed by atoms with E-state index in [0.29, 0.717) is 0 Å². The summed E-state index contributed by atoms with van der Waals surface area (Å²) in [6.07, 6.45) is 7.00. The largest absolute Gasteiger partial charge is 0.292 e. The molecule has 0 saturated carbocycles. The van der Waals surface area contributed by atoms with Gasteiger partial charge in [0.1, 0.15) is 6.34 Å². The van der Waals surface area contributed by atoms with Crippen LogP contribution in [0.4, 0.5) is 0 Å². The molecular formula is C5H7N5. The first-order chi connectivity index (χ1) is 4.88. The van der Waals surface area contributed by atoms with Crippen molar-refractivity contribution in [2.45, 2.75) is 0 Å². The van der Waals surface area contributed by atoms with Crippen LogP contribution in [0, 0.1) is 0 Å². The highest BCUT2D eigenvalue weighted by atomic mass is 15.9. The fourth-order valence-corrected chi connectivity index (χ4v) is 0.853. The molecule has 0 aromatic carbocycles. The molecule has 0 amide bonds. The molecule has 5 heteroatoms. The van der Waals surface area contributed by atoms with E-state index in [9.17, 15) is 0 Å². The first kappa shape index (κ1) is 5.45. The first-order valence-electron chi connectivity index (χ1n) is 2.88. The molecule has 52 valence electrons. The highest BCUT2D eigenvalue weighted by Crippen LogP contribution is 2.11. The number of hydrogen-bond acceptors (Lipinski definition) is 5. The third-order valence-electron chi connectivity index (χ3n) is 1.35. The van der Waals surface area contributed by atoms with Gasteiger partial charge in [-0.2, -0.15) is 0 Å². The molecule has 0 saturated heterocycles. The molecule has 0 fully saturated rings. The second kappa shape index (κ2) is 1.83. The number of rotatable bonds is 0. The molecule has 2 heterocycles. The zero-order valence-electron chi connectivity index (χ0n) is 5.23. The highest BCUT2D eigenvalue weighted by molar-refractivity contribution is 5.62. The van der Waals surface area contributed by atoms with Gasteiger partial charge in [-0.15, -0.1) is 0 Å². The van der Waals surface area contributed by atoms with Crippen molar-refractivity contribution in [3.8, 4) is 0 Å². The van der Waals surface area contributed by atoms with Crippen molar-refractivity contribution >= 4 is 6.34 Å². The smallest absolute Gasteiger partial charge is 0.113 e. The molecule has 10 heavy (non-hydrogen) atoms. The van der Waals surface area contributed by atoms with Crippen LogP contribution in [-0.2, 0) is 0 Å². The van der Waals surface area contributed by atoms with E-state index in [1.165, 1.54) is 5.23 Å². The second-order valence-corrected chi connectivity index (χ2v) is 1.97. The lowest BCUT2D eigenvalue weighted by atomic mass is 10.4. The number of aliphatic imine (C=N–C) groups is 1. The van der Waals surface area contributed by atoms with Gasteiger partial charge in [0, 0.05) is 12.4 Å². The first-order valence-corrected chi connectivity index (χ1v) is 2.88. The molecule has 0 aromatic rings. The van der Waals surface area contributed by atoms with Crippen molar-refractivity contribution in [2.24, 2.45) is 10.8 Å². The number of hydrazine groups is 3. The minimum Gasteiger partial charge on any atom is -0.292 e. The molecule has 0 atom stereocenters. The molecule has 0 radical (unpaired) electrons. The lowest BCUT2D eigenvalue weighted by molar-refractivity contribution is 0.0693. The Bertz CT molecular complexity index is 228. The Kier molecular flexibility index (Phi) is 0.996. The molecule has 0 unspecified atom stereocenters. The number of hydrogen-bond donors (Lipinski definition) is 2. The van der Waals surface area contributed by atoms with Gasteiger partial charge in [-0.25, -0.2) is 15.8 Å². The Labute approximate surface area is 58.0 Å². The van der Waals surface area contributed by atoms with Crippen LogP contribution >= 0.6 is 0 Å². The van der Waals surface area contributed by atoms with Crippen LogP contribution in [0.2, 0.25) is 0 Å². The number of allylic oxidation sites excluding steroid dienone is 1. The number of fused-ring (bicyclic) bond motifs is 1. The van der Waals surface area contributed by atoms with Crippen molar-refractivity contribution in [3.05, 3.63) is 24.2 Å². The number of nitrogens with one attached hydrogen (secondary N) is 1. The average molecular weight is 137 g/mol. The van der Waals surface area contributed by atoms with E-state index in [4.69, 9.17) is 5.84 Å². The summed E-state index contributed by atoms with van der Waals surface area (Å²) in [5.41, 5.74) is 3.78. The van der Waals surface area contributed by atoms with Gasteiger partial charge in [0.2, 0.25) is 0 Å². The summed E-state index contributed by atoms with van der Waals surface area (Å²) in [6, 6.07) is 0. The molecule has 2 aliphatic heterocycles. The Hall–Kier alpha value is -1.33. The summed E-state index contributed by atoms with van der Waals surface area (Å²) in [7, 11) is 0. The molecule has 2 rings (SSSR count). The third kappa shape index (κ3) is 0.615. The molecule has 0 aliphatic carbocycles. The quantitative estimate of drug-likeness (QED) is 0.433. The Balaban J connectivity index is 2.30. The monoisotopic (exact) mass is 137 g/mol. The summed E-state index contributed by atoms with van der Waals surface area (Å²) in [4.78, 5) is 3.89. The SMILES string of the molecule is NN1NC=C2C=CN=CN21. The molecule has 0 spiro atoms. The Morgan fingerprint density at radius 3 is 3.30 bits per heavy atom. The summed E-state index contributed by atoms with van der Waals surface area (Å²) in [5, 5.41) is 3.04. The molecular weight excluding hydrogens is 130 g/mol. The fraction of sp³-hybridized carbons (Fsp3) is 0. The van der Waals surface area contributed by atoms with E-state index in [1.54, 1.807) is 23.7 Å². The normalized spacial score (nSPS) is 22.5. The fourth-order valence-electron chi connectivity index (χ4n) is 0.853. The lowest BCUT2D eigenvalue weighted by Crippen LogP contribution is -2.47. The van der Waals surface area contributed by atoms with E-state index in [2.05, 4.69) is 10.4 Å². The van der Waals surface area contributed by atoms with Gasteiger partial charge < -0.3 is 0 Å². The van der Waals surface area contributed by atoms with Crippen molar-refractivity contribution < 1.29 is 0 Å². The minimum absolute atomic E-state index is 0.984. The molecule has 0 aromatic heterocycles. The van der Waals surface area contributed by atoms with Gasteiger partial charge >= 0.3 is 0 Å². The van der Waals surface area contributed by atoms with Crippen molar-refractivity contribution in [1.82, 2.24) is 15.7 Å². The Morgan fingerprint density at radius 2 is 2.50 bits per heavy atom. The third-order valence-corrected chi connectivity index (χ3v) is 1.35. The van der Waals surface area contributed by atoms with Crippen molar-refractivity contribution in [1.29, 1.82) is 0 Å². The minimum atomic E-state index is 0.984. The maximum absolute atomic E-state index is 5.46. The Morgan fingerprint density at radius 1 is 1.60 bits per heavy atom. The van der Waals surface area contributed by atoms with Gasteiger partial charge in [-0.1, -0.05) is 5.23 Å². The zero-order chi connectivity index (χ0) is 6.97. The van der Waals surface area contributed by atoms with Crippen LogP contribution in [-0.4, -0.2) is 16.6 Å². The van der Waals surface area contributed by atoms with Crippen LogP contribution in [0.1, 0.15) is 0 Å². The van der Waals surface area contributed by atoms with Crippen LogP contribution in [0.15, 0.2) is 29.2 Å². The van der Waals surface area contributed by atoms with Gasteiger partial charge in [-0.3, -0.25) is 5.43 Å². The van der Waals surface area contributed by atoms with Crippen molar-refractivity contribution in [2.75, 3.05) is 0 Å². The summed E-state index contributed by atoms with van der Waals surface area (Å²) < 4.78 is 0. The average Bonchev–Trinajstić information content (AvgIpc) is 2.34. The molecule has 0 bridgehead atoms. The highest BCUT2D eigenvalue weighted by Gasteiger charge is 2.18. The molecule has 3 N–H and O–H groups in total.